The van der Waals surface area contributed by atoms with E-state index >= 15 is 0 Å². The van der Waals surface area contributed by atoms with Crippen molar-refractivity contribution in [2.45, 2.75) is 49.7 Å². The van der Waals surface area contributed by atoms with E-state index < -0.39 is 24.0 Å². The Kier molecular flexibility index (Phi) is 7.07. The van der Waals surface area contributed by atoms with E-state index in [1.54, 1.807) is 19.1 Å². The Morgan fingerprint density at radius 2 is 1.71 bits per heavy atom. The smallest absolute Gasteiger partial charge is 0.334 e. The molecule has 1 unspecified atom stereocenters. The van der Waals surface area contributed by atoms with Crippen LogP contribution >= 0.6 is 11.8 Å². The molecule has 24 heavy (non-hydrogen) atoms. The van der Waals surface area contributed by atoms with Gasteiger partial charge < -0.3 is 4.90 Å². The summed E-state index contributed by atoms with van der Waals surface area (Å²) in [6.07, 6.45) is -3.50. The lowest BCUT2D eigenvalue weighted by atomic mass is 10.0. The van der Waals surface area contributed by atoms with Crippen molar-refractivity contribution in [1.82, 2.24) is 4.90 Å². The van der Waals surface area contributed by atoms with Crippen molar-refractivity contribution in [3.05, 3.63) is 29.8 Å². The number of carbonyl (C=O) groups excluding carboxylic acids is 1. The SMILES string of the molecule is CCCN(C(=O)C(F)(F)C(F)(F)F)C(C)Cc1ccc(SC)cc1. The van der Waals surface area contributed by atoms with Crippen LogP contribution in [0.3, 0.4) is 0 Å². The predicted octanol–water partition coefficient (Wildman–Crippen LogP) is 4.78. The van der Waals surface area contributed by atoms with Crippen LogP contribution in [0.5, 0.6) is 0 Å². The Hall–Kier alpha value is -1.31. The number of carbonyl (C=O) groups is 1. The summed E-state index contributed by atoms with van der Waals surface area (Å²) in [5.74, 6) is -7.57. The minimum atomic E-state index is -5.89. The van der Waals surface area contributed by atoms with Crippen molar-refractivity contribution >= 4 is 17.7 Å². The number of rotatable bonds is 7. The molecule has 0 spiro atoms. The molecule has 2 nitrogen and oxygen atoms in total. The molecule has 0 fully saturated rings. The Morgan fingerprint density at radius 1 is 1.17 bits per heavy atom. The molecule has 0 heterocycles. The van der Waals surface area contributed by atoms with Crippen LogP contribution in [0.1, 0.15) is 25.8 Å². The molecule has 0 aliphatic rings. The molecule has 0 saturated carbocycles. The summed E-state index contributed by atoms with van der Waals surface area (Å²) in [6, 6.07) is 6.45. The van der Waals surface area contributed by atoms with Crippen LogP contribution in [0, 0.1) is 0 Å². The summed E-state index contributed by atoms with van der Waals surface area (Å²) in [5.41, 5.74) is 0.768. The molecule has 136 valence electrons. The fourth-order valence-electron chi connectivity index (χ4n) is 2.28. The van der Waals surface area contributed by atoms with Crippen molar-refractivity contribution in [3.63, 3.8) is 0 Å². The molecule has 1 amide bonds. The van der Waals surface area contributed by atoms with E-state index in [-0.39, 0.29) is 19.4 Å². The first-order valence-corrected chi connectivity index (χ1v) is 8.65. The first kappa shape index (κ1) is 20.7. The maximum Gasteiger partial charge on any atom is 0.463 e. The fourth-order valence-corrected chi connectivity index (χ4v) is 2.69. The Labute approximate surface area is 142 Å². The number of hydrogen-bond acceptors (Lipinski definition) is 2. The summed E-state index contributed by atoms with van der Waals surface area (Å²) < 4.78 is 64.1. The quantitative estimate of drug-likeness (QED) is 0.509. The first-order chi connectivity index (χ1) is 11.0. The van der Waals surface area contributed by atoms with Gasteiger partial charge in [-0.15, -0.1) is 11.8 Å². The zero-order chi connectivity index (χ0) is 18.5. The van der Waals surface area contributed by atoms with Crippen LogP contribution in [-0.4, -0.2) is 41.7 Å². The Balaban J connectivity index is 2.95. The third kappa shape index (κ3) is 4.84. The molecular weight excluding hydrogens is 349 g/mol. The predicted molar refractivity (Wildman–Crippen MR) is 84.4 cm³/mol. The molecule has 1 atom stereocenters. The van der Waals surface area contributed by atoms with E-state index in [1.165, 1.54) is 18.7 Å². The molecule has 0 radical (unpaired) electrons. The van der Waals surface area contributed by atoms with Crippen molar-refractivity contribution in [1.29, 1.82) is 0 Å². The minimum absolute atomic E-state index is 0.158. The summed E-state index contributed by atoms with van der Waals surface area (Å²) in [5, 5.41) is 0. The van der Waals surface area contributed by atoms with Gasteiger partial charge in [0.15, 0.2) is 0 Å². The van der Waals surface area contributed by atoms with Gasteiger partial charge in [-0.25, -0.2) is 0 Å². The normalized spacial score (nSPS) is 13.7. The van der Waals surface area contributed by atoms with Crippen LogP contribution in [0.25, 0.3) is 0 Å². The van der Waals surface area contributed by atoms with E-state index in [2.05, 4.69) is 0 Å². The fraction of sp³-hybridized carbons (Fsp3) is 0.562. The van der Waals surface area contributed by atoms with Gasteiger partial charge in [-0.1, -0.05) is 19.1 Å². The van der Waals surface area contributed by atoms with Crippen molar-refractivity contribution in [2.75, 3.05) is 12.8 Å². The van der Waals surface area contributed by atoms with Crippen molar-refractivity contribution in [2.24, 2.45) is 0 Å². The highest BCUT2D eigenvalue weighted by Crippen LogP contribution is 2.37. The Morgan fingerprint density at radius 3 is 2.12 bits per heavy atom. The van der Waals surface area contributed by atoms with Crippen molar-refractivity contribution < 1.29 is 26.7 Å². The molecule has 0 aliphatic heterocycles. The van der Waals surface area contributed by atoms with E-state index in [4.69, 9.17) is 0 Å². The molecule has 0 aliphatic carbocycles. The lowest BCUT2D eigenvalue weighted by molar-refractivity contribution is -0.275. The second-order valence-electron chi connectivity index (χ2n) is 5.47. The number of amides is 1. The molecule has 1 aromatic rings. The maximum atomic E-state index is 13.4. The zero-order valence-corrected chi connectivity index (χ0v) is 14.5. The average molecular weight is 369 g/mol. The summed E-state index contributed by atoms with van der Waals surface area (Å²) in [7, 11) is 0. The minimum Gasteiger partial charge on any atom is -0.334 e. The summed E-state index contributed by atoms with van der Waals surface area (Å²) >= 11 is 1.53. The van der Waals surface area contributed by atoms with Gasteiger partial charge in [0.05, 0.1) is 0 Å². The number of thioether (sulfide) groups is 1. The number of nitrogens with zero attached hydrogens (tertiary/aromatic N) is 1. The summed E-state index contributed by atoms with van der Waals surface area (Å²) in [4.78, 5) is 13.4. The van der Waals surface area contributed by atoms with Gasteiger partial charge in [-0.3, -0.25) is 4.79 Å². The van der Waals surface area contributed by atoms with Gasteiger partial charge in [-0.2, -0.15) is 22.0 Å². The van der Waals surface area contributed by atoms with E-state index in [0.717, 1.165) is 10.5 Å². The highest BCUT2D eigenvalue weighted by molar-refractivity contribution is 7.98. The second kappa shape index (κ2) is 8.18. The van der Waals surface area contributed by atoms with Gasteiger partial charge >= 0.3 is 18.0 Å². The van der Waals surface area contributed by atoms with E-state index in [0.29, 0.717) is 4.90 Å². The topological polar surface area (TPSA) is 20.3 Å². The van der Waals surface area contributed by atoms with Gasteiger partial charge in [0.2, 0.25) is 0 Å². The van der Waals surface area contributed by atoms with Gasteiger partial charge in [-0.05, 0) is 43.7 Å². The largest absolute Gasteiger partial charge is 0.463 e. The van der Waals surface area contributed by atoms with E-state index in [9.17, 15) is 26.7 Å². The standard InChI is InChI=1S/C16H20F5NOS/c1-4-9-22(14(23)15(17,18)16(19,20)21)11(2)10-12-5-7-13(24-3)8-6-12/h5-8,11H,4,9-10H2,1-3H3. The van der Waals surface area contributed by atoms with Crippen LogP contribution in [0.4, 0.5) is 22.0 Å². The average Bonchev–Trinajstić information content (AvgIpc) is 2.51. The van der Waals surface area contributed by atoms with Crippen LogP contribution in [0.15, 0.2) is 29.2 Å². The maximum absolute atomic E-state index is 13.4. The highest BCUT2D eigenvalue weighted by Gasteiger charge is 2.64. The molecule has 8 heteroatoms. The number of benzene rings is 1. The van der Waals surface area contributed by atoms with Crippen LogP contribution < -0.4 is 0 Å². The zero-order valence-electron chi connectivity index (χ0n) is 13.7. The van der Waals surface area contributed by atoms with Gasteiger partial charge in [0, 0.05) is 17.5 Å². The number of hydrogen-bond donors (Lipinski definition) is 0. The molecule has 0 aromatic heterocycles. The monoisotopic (exact) mass is 369 g/mol. The number of alkyl halides is 5. The van der Waals surface area contributed by atoms with Crippen molar-refractivity contribution in [3.8, 4) is 0 Å². The molecule has 0 saturated heterocycles. The Bertz CT molecular complexity index is 544. The number of halogens is 5. The molecule has 1 aromatic carbocycles. The third-order valence-electron chi connectivity index (χ3n) is 3.57. The first-order valence-electron chi connectivity index (χ1n) is 7.43. The van der Waals surface area contributed by atoms with Crippen LogP contribution in [0.2, 0.25) is 0 Å². The van der Waals surface area contributed by atoms with Crippen LogP contribution in [-0.2, 0) is 11.2 Å². The van der Waals surface area contributed by atoms with Gasteiger partial charge in [0.1, 0.15) is 0 Å². The van der Waals surface area contributed by atoms with Gasteiger partial charge in [0.25, 0.3) is 0 Å². The lowest BCUT2D eigenvalue weighted by Gasteiger charge is -2.32. The molecular formula is C16H20F5NOS. The highest BCUT2D eigenvalue weighted by atomic mass is 32.2. The lowest BCUT2D eigenvalue weighted by Crippen LogP contribution is -2.55. The second-order valence-corrected chi connectivity index (χ2v) is 6.35. The molecule has 0 bridgehead atoms. The molecule has 1 rings (SSSR count). The molecule has 0 N–H and O–H groups in total. The van der Waals surface area contributed by atoms with E-state index in [1.807, 2.05) is 18.4 Å². The summed E-state index contributed by atoms with van der Waals surface area (Å²) in [6.45, 7) is 2.93. The third-order valence-corrected chi connectivity index (χ3v) is 4.32.